The maximum atomic E-state index is 12.8. The van der Waals surface area contributed by atoms with Crippen molar-refractivity contribution in [2.24, 2.45) is 29.6 Å². The molecular formula is C24H38O6. The van der Waals surface area contributed by atoms with Gasteiger partial charge in [0.15, 0.2) is 0 Å². The fourth-order valence-corrected chi connectivity index (χ4v) is 4.95. The Hall–Kier alpha value is -1.53. The first-order chi connectivity index (χ1) is 14.2. The number of aliphatic hydroxyl groups is 2. The Kier molecular flexibility index (Phi) is 9.69. The van der Waals surface area contributed by atoms with E-state index in [1.54, 1.807) is 12.2 Å². The molecule has 3 N–H and O–H groups in total. The first-order valence-corrected chi connectivity index (χ1v) is 11.6. The molecule has 0 spiro atoms. The third kappa shape index (κ3) is 7.02. The molecule has 0 heterocycles. The Bertz CT molecular complexity index is 619. The maximum absolute atomic E-state index is 12.8. The fourth-order valence-electron chi connectivity index (χ4n) is 4.95. The molecule has 0 bridgehead atoms. The van der Waals surface area contributed by atoms with Gasteiger partial charge >= 0.3 is 5.97 Å². The second kappa shape index (κ2) is 11.8. The van der Waals surface area contributed by atoms with Crippen LogP contribution in [0.5, 0.6) is 0 Å². The van der Waals surface area contributed by atoms with Crippen molar-refractivity contribution in [3.05, 3.63) is 12.2 Å². The molecule has 6 heteroatoms. The smallest absolute Gasteiger partial charge is 0.306 e. The molecule has 6 nitrogen and oxygen atoms in total. The molecule has 0 aromatic rings. The third-order valence-corrected chi connectivity index (χ3v) is 6.94. The molecule has 2 aliphatic carbocycles. The van der Waals surface area contributed by atoms with E-state index in [2.05, 4.69) is 13.8 Å². The van der Waals surface area contributed by atoms with Crippen LogP contribution in [0.15, 0.2) is 12.2 Å². The number of ketones is 2. The largest absolute Gasteiger partial charge is 0.481 e. The topological polar surface area (TPSA) is 112 Å². The van der Waals surface area contributed by atoms with Crippen molar-refractivity contribution in [2.75, 3.05) is 0 Å². The summed E-state index contributed by atoms with van der Waals surface area (Å²) >= 11 is 0. The van der Waals surface area contributed by atoms with E-state index in [-0.39, 0.29) is 36.2 Å². The average molecular weight is 423 g/mol. The van der Waals surface area contributed by atoms with Gasteiger partial charge in [0.05, 0.1) is 18.1 Å². The van der Waals surface area contributed by atoms with Gasteiger partial charge in [-0.1, -0.05) is 45.3 Å². The number of carbonyl (C=O) groups is 3. The van der Waals surface area contributed by atoms with Gasteiger partial charge in [-0.15, -0.1) is 0 Å². The summed E-state index contributed by atoms with van der Waals surface area (Å²) in [5.41, 5.74) is 0. The van der Waals surface area contributed by atoms with Gasteiger partial charge in [0, 0.05) is 30.6 Å². The highest BCUT2D eigenvalue weighted by Gasteiger charge is 2.42. The van der Waals surface area contributed by atoms with Crippen molar-refractivity contribution in [3.8, 4) is 0 Å². The van der Waals surface area contributed by atoms with Gasteiger partial charge in [-0.2, -0.15) is 0 Å². The molecule has 2 fully saturated rings. The number of carbonyl (C=O) groups excluding carboxylic acids is 2. The highest BCUT2D eigenvalue weighted by molar-refractivity contribution is 5.91. The summed E-state index contributed by atoms with van der Waals surface area (Å²) in [5, 5.41) is 29.7. The second-order valence-corrected chi connectivity index (χ2v) is 9.41. The van der Waals surface area contributed by atoms with Crippen LogP contribution in [0.2, 0.25) is 0 Å². The molecular weight excluding hydrogens is 384 g/mol. The number of carboxylic acids is 1. The van der Waals surface area contributed by atoms with Crippen LogP contribution in [0.1, 0.15) is 78.1 Å². The lowest BCUT2D eigenvalue weighted by Gasteiger charge is -2.26. The molecule has 30 heavy (non-hydrogen) atoms. The number of aliphatic hydroxyl groups excluding tert-OH is 2. The highest BCUT2D eigenvalue weighted by Crippen LogP contribution is 2.36. The second-order valence-electron chi connectivity index (χ2n) is 9.41. The standard InChI is InChI=1S/C24H38O6/c1-3-4-5-15(2)12-18(25)10-11-19-20(23(28)14-22(19)27)13-21(26)16-6-8-17(9-7-16)24(29)30/h10-11,15-20,22,25,27H,3-9,12-14H2,1-2H3,(H,29,30)/t15-,16?,17?,18+,19+,20+,22+/m0/s1. The van der Waals surface area contributed by atoms with E-state index in [0.29, 0.717) is 38.0 Å². The van der Waals surface area contributed by atoms with Crippen molar-refractivity contribution in [1.29, 1.82) is 0 Å². The Balaban J connectivity index is 1.91. The van der Waals surface area contributed by atoms with Crippen LogP contribution in [0.3, 0.4) is 0 Å². The summed E-state index contributed by atoms with van der Waals surface area (Å²) in [7, 11) is 0. The van der Waals surface area contributed by atoms with E-state index in [9.17, 15) is 24.6 Å². The van der Waals surface area contributed by atoms with Gasteiger partial charge in [0.25, 0.3) is 0 Å². The zero-order valence-electron chi connectivity index (χ0n) is 18.3. The normalized spacial score (nSPS) is 31.7. The van der Waals surface area contributed by atoms with Crippen LogP contribution in [0.25, 0.3) is 0 Å². The predicted octanol–water partition coefficient (Wildman–Crippen LogP) is 3.54. The molecule has 0 saturated heterocycles. The van der Waals surface area contributed by atoms with Crippen molar-refractivity contribution >= 4 is 17.5 Å². The fraction of sp³-hybridized carbons (Fsp3) is 0.792. The molecule has 0 aliphatic heterocycles. The van der Waals surface area contributed by atoms with Crippen molar-refractivity contribution < 1.29 is 29.7 Å². The number of hydrogen-bond acceptors (Lipinski definition) is 5. The summed E-state index contributed by atoms with van der Waals surface area (Å²) < 4.78 is 0. The SMILES string of the molecule is CCCC[C@H](C)C[C@H](O)C=C[C@H]1[C@H](O)CC(=O)[C@@H]1CC(=O)C1CCC(C(=O)O)CC1. The van der Waals surface area contributed by atoms with Crippen molar-refractivity contribution in [2.45, 2.75) is 90.3 Å². The third-order valence-electron chi connectivity index (χ3n) is 6.94. The summed E-state index contributed by atoms with van der Waals surface area (Å²) in [4.78, 5) is 36.3. The Morgan fingerprint density at radius 1 is 1.17 bits per heavy atom. The van der Waals surface area contributed by atoms with Gasteiger partial charge in [0.2, 0.25) is 0 Å². The van der Waals surface area contributed by atoms with Crippen LogP contribution in [0, 0.1) is 29.6 Å². The molecule has 2 rings (SSSR count). The summed E-state index contributed by atoms with van der Waals surface area (Å²) in [6, 6.07) is 0. The molecule has 2 saturated carbocycles. The van der Waals surface area contributed by atoms with E-state index in [4.69, 9.17) is 5.11 Å². The lowest BCUT2D eigenvalue weighted by molar-refractivity contribution is -0.144. The molecule has 0 aromatic carbocycles. The molecule has 0 aromatic heterocycles. The number of unbranched alkanes of at least 4 members (excludes halogenated alkanes) is 1. The minimum absolute atomic E-state index is 0.00146. The summed E-state index contributed by atoms with van der Waals surface area (Å²) in [6.45, 7) is 4.25. The number of hydrogen-bond donors (Lipinski definition) is 3. The quantitative estimate of drug-likeness (QED) is 0.439. The predicted molar refractivity (Wildman–Crippen MR) is 114 cm³/mol. The Morgan fingerprint density at radius 2 is 1.80 bits per heavy atom. The van der Waals surface area contributed by atoms with Gasteiger partial charge in [-0.3, -0.25) is 14.4 Å². The van der Waals surface area contributed by atoms with Crippen LogP contribution in [-0.4, -0.2) is 45.1 Å². The number of rotatable bonds is 11. The average Bonchev–Trinajstić information content (AvgIpc) is 2.97. The van der Waals surface area contributed by atoms with E-state index >= 15 is 0 Å². The van der Waals surface area contributed by atoms with Gasteiger partial charge in [0.1, 0.15) is 11.6 Å². The van der Waals surface area contributed by atoms with E-state index in [0.717, 1.165) is 19.3 Å². The molecule has 0 unspecified atom stereocenters. The Labute approximate surface area is 179 Å². The zero-order chi connectivity index (χ0) is 22.3. The van der Waals surface area contributed by atoms with Gasteiger partial charge in [-0.25, -0.2) is 0 Å². The van der Waals surface area contributed by atoms with Crippen molar-refractivity contribution in [1.82, 2.24) is 0 Å². The number of aliphatic carboxylic acids is 1. The molecule has 0 radical (unpaired) electrons. The van der Waals surface area contributed by atoms with Gasteiger partial charge < -0.3 is 15.3 Å². The minimum Gasteiger partial charge on any atom is -0.481 e. The molecule has 2 aliphatic rings. The van der Waals surface area contributed by atoms with Crippen molar-refractivity contribution in [3.63, 3.8) is 0 Å². The molecule has 170 valence electrons. The van der Waals surface area contributed by atoms with Crippen LogP contribution < -0.4 is 0 Å². The summed E-state index contributed by atoms with van der Waals surface area (Å²) in [5.74, 6) is -2.07. The maximum Gasteiger partial charge on any atom is 0.306 e. The highest BCUT2D eigenvalue weighted by atomic mass is 16.4. The van der Waals surface area contributed by atoms with Crippen LogP contribution in [-0.2, 0) is 14.4 Å². The first-order valence-electron chi connectivity index (χ1n) is 11.6. The lowest BCUT2D eigenvalue weighted by atomic mass is 9.77. The zero-order valence-corrected chi connectivity index (χ0v) is 18.3. The minimum atomic E-state index is -0.820. The first kappa shape index (κ1) is 24.7. The molecule has 0 amide bonds. The van der Waals surface area contributed by atoms with Crippen LogP contribution in [0.4, 0.5) is 0 Å². The van der Waals surface area contributed by atoms with Gasteiger partial charge in [-0.05, 0) is 38.0 Å². The summed E-state index contributed by atoms with van der Waals surface area (Å²) in [6.07, 6.45) is 8.15. The lowest BCUT2D eigenvalue weighted by Crippen LogP contribution is -2.29. The monoisotopic (exact) mass is 422 g/mol. The number of Topliss-reactive ketones (excluding diaryl/α,β-unsaturated/α-hetero) is 2. The number of carboxylic acid groups (broad SMARTS) is 1. The van der Waals surface area contributed by atoms with Crippen LogP contribution >= 0.6 is 0 Å². The molecule has 5 atom stereocenters. The Morgan fingerprint density at radius 3 is 2.40 bits per heavy atom. The van der Waals surface area contributed by atoms with E-state index in [1.807, 2.05) is 0 Å². The van der Waals surface area contributed by atoms with E-state index in [1.165, 1.54) is 0 Å². The van der Waals surface area contributed by atoms with E-state index < -0.39 is 30.0 Å².